The summed E-state index contributed by atoms with van der Waals surface area (Å²) in [7, 11) is 1.76. The second-order valence-electron chi connectivity index (χ2n) is 4.20. The molecule has 1 aromatic carbocycles. The Morgan fingerprint density at radius 3 is 2.67 bits per heavy atom. The summed E-state index contributed by atoms with van der Waals surface area (Å²) in [6, 6.07) is 11.3. The Bertz CT molecular complexity index is 619. The van der Waals surface area contributed by atoms with Crippen LogP contribution in [0.25, 0.3) is 0 Å². The predicted molar refractivity (Wildman–Crippen MR) is 75.2 cm³/mol. The number of pyridine rings is 1. The topological polar surface area (TPSA) is 34.0 Å². The second kappa shape index (κ2) is 5.27. The Balaban J connectivity index is 2.19. The average Bonchev–Trinajstić information content (AvgIpc) is 2.37. The van der Waals surface area contributed by atoms with Crippen LogP contribution in [0.1, 0.15) is 11.3 Å². The first-order valence-corrected chi connectivity index (χ1v) is 6.11. The fourth-order valence-electron chi connectivity index (χ4n) is 1.69. The molecule has 0 saturated heterocycles. The van der Waals surface area contributed by atoms with Crippen LogP contribution in [0.3, 0.4) is 0 Å². The molecule has 0 fully saturated rings. The smallest absolute Gasteiger partial charge is 0.273 e. The van der Waals surface area contributed by atoms with Gasteiger partial charge in [0.15, 0.2) is 0 Å². The Hall–Kier alpha value is -1.74. The van der Waals surface area contributed by atoms with E-state index in [1.54, 1.807) is 17.7 Å². The number of aromatic nitrogens is 1. The van der Waals surface area contributed by atoms with Crippen molar-refractivity contribution in [3.8, 4) is 0 Å². The van der Waals surface area contributed by atoms with E-state index in [1.807, 2.05) is 37.3 Å². The number of nitrogens with zero attached hydrogens (tertiary/aromatic N) is 1. The third kappa shape index (κ3) is 2.57. The van der Waals surface area contributed by atoms with Crippen LogP contribution >= 0.6 is 11.6 Å². The molecule has 18 heavy (non-hydrogen) atoms. The molecule has 3 nitrogen and oxygen atoms in total. The van der Waals surface area contributed by atoms with E-state index < -0.39 is 0 Å². The van der Waals surface area contributed by atoms with Gasteiger partial charge in [0.2, 0.25) is 0 Å². The molecular formula is C14H15ClN2O. The quantitative estimate of drug-likeness (QED) is 0.923. The molecule has 0 unspecified atom stereocenters. The average molecular weight is 263 g/mol. The van der Waals surface area contributed by atoms with E-state index in [0.717, 1.165) is 11.3 Å². The highest BCUT2D eigenvalue weighted by atomic mass is 35.5. The van der Waals surface area contributed by atoms with Crippen LogP contribution in [-0.4, -0.2) is 4.57 Å². The molecule has 0 atom stereocenters. The fraction of sp³-hybridized carbons (Fsp3) is 0.214. The maximum Gasteiger partial charge on any atom is 0.273 e. The number of anilines is 1. The van der Waals surface area contributed by atoms with Crippen molar-refractivity contribution < 1.29 is 0 Å². The first kappa shape index (κ1) is 12.7. The van der Waals surface area contributed by atoms with Gasteiger partial charge in [-0.1, -0.05) is 29.8 Å². The maximum absolute atomic E-state index is 12.0. The minimum atomic E-state index is -0.0259. The summed E-state index contributed by atoms with van der Waals surface area (Å²) in [6.45, 7) is 2.44. The third-order valence-electron chi connectivity index (χ3n) is 2.98. The molecule has 0 spiro atoms. The van der Waals surface area contributed by atoms with E-state index in [0.29, 0.717) is 17.3 Å². The molecule has 4 heteroatoms. The Morgan fingerprint density at radius 1 is 1.22 bits per heavy atom. The zero-order chi connectivity index (χ0) is 13.1. The van der Waals surface area contributed by atoms with Crippen molar-refractivity contribution in [3.05, 3.63) is 63.0 Å². The van der Waals surface area contributed by atoms with Crippen LogP contribution in [-0.2, 0) is 13.6 Å². The summed E-state index contributed by atoms with van der Waals surface area (Å²) in [6.07, 6.45) is 0. The summed E-state index contributed by atoms with van der Waals surface area (Å²) >= 11 is 6.06. The zero-order valence-corrected chi connectivity index (χ0v) is 11.2. The predicted octanol–water partition coefficient (Wildman–Crippen LogP) is 2.96. The van der Waals surface area contributed by atoms with Crippen LogP contribution in [0.4, 0.5) is 5.69 Å². The van der Waals surface area contributed by atoms with E-state index in [9.17, 15) is 4.79 Å². The van der Waals surface area contributed by atoms with E-state index in [2.05, 4.69) is 5.32 Å². The second-order valence-corrected chi connectivity index (χ2v) is 4.60. The lowest BCUT2D eigenvalue weighted by atomic mass is 10.2. The maximum atomic E-state index is 12.0. The highest BCUT2D eigenvalue weighted by Gasteiger charge is 2.04. The minimum Gasteiger partial charge on any atom is -0.376 e. The molecule has 2 aromatic rings. The van der Waals surface area contributed by atoms with Gasteiger partial charge in [-0.3, -0.25) is 4.79 Å². The number of benzene rings is 1. The number of aryl methyl sites for hydroxylation is 1. The fourth-order valence-corrected chi connectivity index (χ4v) is 1.90. The van der Waals surface area contributed by atoms with Crippen molar-refractivity contribution >= 4 is 17.3 Å². The van der Waals surface area contributed by atoms with Gasteiger partial charge in [0, 0.05) is 24.3 Å². The van der Waals surface area contributed by atoms with Crippen molar-refractivity contribution in [2.45, 2.75) is 13.5 Å². The molecule has 0 aliphatic carbocycles. The zero-order valence-electron chi connectivity index (χ0n) is 10.4. The Morgan fingerprint density at radius 2 is 1.94 bits per heavy atom. The number of hydrogen-bond donors (Lipinski definition) is 1. The molecule has 1 aromatic heterocycles. The number of nitrogens with one attached hydrogen (secondary N) is 1. The molecule has 2 rings (SSSR count). The van der Waals surface area contributed by atoms with Gasteiger partial charge in [0.05, 0.1) is 0 Å². The molecule has 0 aliphatic heterocycles. The molecule has 1 heterocycles. The summed E-state index contributed by atoms with van der Waals surface area (Å²) in [5.41, 5.74) is 2.47. The first-order chi connectivity index (χ1) is 8.59. The summed E-state index contributed by atoms with van der Waals surface area (Å²) in [5.74, 6) is 0. The van der Waals surface area contributed by atoms with Crippen molar-refractivity contribution in [3.63, 3.8) is 0 Å². The Labute approximate surface area is 111 Å². The molecular weight excluding hydrogens is 248 g/mol. The number of halogens is 1. The molecule has 0 amide bonds. The van der Waals surface area contributed by atoms with Gasteiger partial charge in [-0.2, -0.15) is 0 Å². The van der Waals surface area contributed by atoms with Crippen LogP contribution in [0, 0.1) is 6.92 Å². The lowest BCUT2D eigenvalue weighted by Crippen LogP contribution is -2.22. The van der Waals surface area contributed by atoms with Gasteiger partial charge in [-0.15, -0.1) is 0 Å². The molecule has 0 bridgehead atoms. The van der Waals surface area contributed by atoms with Crippen molar-refractivity contribution in [2.24, 2.45) is 7.05 Å². The molecule has 0 saturated carbocycles. The van der Waals surface area contributed by atoms with Crippen molar-refractivity contribution in [1.29, 1.82) is 0 Å². The molecule has 0 radical (unpaired) electrons. The van der Waals surface area contributed by atoms with Crippen molar-refractivity contribution in [2.75, 3.05) is 5.32 Å². The van der Waals surface area contributed by atoms with E-state index in [4.69, 9.17) is 11.6 Å². The minimum absolute atomic E-state index is 0.0259. The van der Waals surface area contributed by atoms with E-state index in [-0.39, 0.29) is 5.56 Å². The lowest BCUT2D eigenvalue weighted by Gasteiger charge is -2.10. The van der Waals surface area contributed by atoms with Crippen LogP contribution in [0.2, 0.25) is 5.02 Å². The highest BCUT2D eigenvalue weighted by Crippen LogP contribution is 2.15. The Kier molecular flexibility index (Phi) is 3.72. The summed E-state index contributed by atoms with van der Waals surface area (Å²) in [5, 5.41) is 3.82. The summed E-state index contributed by atoms with van der Waals surface area (Å²) < 4.78 is 1.62. The highest BCUT2D eigenvalue weighted by molar-refractivity contribution is 6.31. The lowest BCUT2D eigenvalue weighted by molar-refractivity contribution is 0.818. The van der Waals surface area contributed by atoms with Crippen molar-refractivity contribution in [1.82, 2.24) is 4.57 Å². The van der Waals surface area contributed by atoms with Crippen LogP contribution in [0.15, 0.2) is 41.2 Å². The van der Waals surface area contributed by atoms with Gasteiger partial charge < -0.3 is 9.88 Å². The number of rotatable bonds is 3. The molecule has 94 valence electrons. The third-order valence-corrected chi connectivity index (χ3v) is 3.35. The molecule has 0 aliphatic rings. The van der Waals surface area contributed by atoms with Gasteiger partial charge in [-0.25, -0.2) is 0 Å². The van der Waals surface area contributed by atoms with E-state index >= 15 is 0 Å². The van der Waals surface area contributed by atoms with Gasteiger partial charge in [0.1, 0.15) is 5.69 Å². The molecule has 1 N–H and O–H groups in total. The van der Waals surface area contributed by atoms with Crippen LogP contribution < -0.4 is 10.9 Å². The van der Waals surface area contributed by atoms with Crippen LogP contribution in [0.5, 0.6) is 0 Å². The standard InChI is InChI=1S/C14H15ClN2O/c1-10-7-8-13(14(18)17(10)2)16-9-11-5-3-4-6-12(11)15/h3-8,16H,9H2,1-2H3. The van der Waals surface area contributed by atoms with Gasteiger partial charge in [0.25, 0.3) is 5.56 Å². The first-order valence-electron chi connectivity index (χ1n) is 5.73. The van der Waals surface area contributed by atoms with E-state index in [1.165, 1.54) is 0 Å². The SMILES string of the molecule is Cc1ccc(NCc2ccccc2Cl)c(=O)n1C. The normalized spacial score (nSPS) is 10.4. The van der Waals surface area contributed by atoms with Gasteiger partial charge in [-0.05, 0) is 30.7 Å². The van der Waals surface area contributed by atoms with Gasteiger partial charge >= 0.3 is 0 Å². The summed E-state index contributed by atoms with van der Waals surface area (Å²) in [4.78, 5) is 12.0. The number of hydrogen-bond acceptors (Lipinski definition) is 2. The largest absolute Gasteiger partial charge is 0.376 e. The monoisotopic (exact) mass is 262 g/mol.